The standard InChI is InChI=1S/C22H18N2O5S2/c1-12-18(21(27)28-3)19(16-9-6-10-30-16)24-20(26)17(31-22(24)23-12)11-14-7-4-5-8-15(14)29-13(2)25/h4-11,19H,1-3H3. The van der Waals surface area contributed by atoms with Crippen molar-refractivity contribution < 1.29 is 19.1 Å². The van der Waals surface area contributed by atoms with Gasteiger partial charge >= 0.3 is 11.9 Å². The van der Waals surface area contributed by atoms with Crippen molar-refractivity contribution in [2.75, 3.05) is 7.11 Å². The van der Waals surface area contributed by atoms with Crippen LogP contribution in [0.4, 0.5) is 0 Å². The van der Waals surface area contributed by atoms with E-state index >= 15 is 0 Å². The number of para-hydroxylation sites is 1. The van der Waals surface area contributed by atoms with Gasteiger partial charge in [-0.25, -0.2) is 9.79 Å². The molecule has 1 unspecified atom stereocenters. The first-order chi connectivity index (χ1) is 14.9. The number of ether oxygens (including phenoxy) is 2. The first-order valence-corrected chi connectivity index (χ1v) is 11.0. The van der Waals surface area contributed by atoms with Crippen LogP contribution in [-0.2, 0) is 14.3 Å². The van der Waals surface area contributed by atoms with Crippen molar-refractivity contribution in [3.05, 3.63) is 83.2 Å². The number of carbonyl (C=O) groups excluding carboxylic acids is 2. The second-order valence-electron chi connectivity index (χ2n) is 6.72. The summed E-state index contributed by atoms with van der Waals surface area (Å²) in [4.78, 5) is 43.2. The van der Waals surface area contributed by atoms with E-state index in [0.717, 1.165) is 4.88 Å². The normalized spacial score (nSPS) is 16.0. The zero-order chi connectivity index (χ0) is 22.1. The average Bonchev–Trinajstić information content (AvgIpc) is 3.36. The van der Waals surface area contributed by atoms with Gasteiger partial charge in [0.2, 0.25) is 0 Å². The topological polar surface area (TPSA) is 87.0 Å². The number of hydrogen-bond donors (Lipinski definition) is 0. The molecule has 7 nitrogen and oxygen atoms in total. The van der Waals surface area contributed by atoms with Crippen LogP contribution in [-0.4, -0.2) is 23.6 Å². The summed E-state index contributed by atoms with van der Waals surface area (Å²) < 4.78 is 12.2. The average molecular weight is 455 g/mol. The number of allylic oxidation sites excluding steroid dienone is 1. The van der Waals surface area contributed by atoms with Crippen LogP contribution in [0.15, 0.2) is 62.8 Å². The van der Waals surface area contributed by atoms with Gasteiger partial charge in [0.15, 0.2) is 4.80 Å². The second kappa shape index (κ2) is 8.44. The maximum Gasteiger partial charge on any atom is 0.338 e. The molecule has 0 N–H and O–H groups in total. The minimum atomic E-state index is -0.616. The molecule has 0 saturated heterocycles. The SMILES string of the molecule is COC(=O)C1=C(C)N=c2sc(=Cc3ccccc3OC(C)=O)c(=O)n2C1c1cccs1. The van der Waals surface area contributed by atoms with Crippen molar-refractivity contribution in [2.45, 2.75) is 19.9 Å². The van der Waals surface area contributed by atoms with Gasteiger partial charge in [-0.3, -0.25) is 14.2 Å². The van der Waals surface area contributed by atoms with Crippen LogP contribution in [0.5, 0.6) is 5.75 Å². The maximum absolute atomic E-state index is 13.4. The van der Waals surface area contributed by atoms with E-state index in [1.807, 2.05) is 17.5 Å². The molecule has 9 heteroatoms. The summed E-state index contributed by atoms with van der Waals surface area (Å²) in [5.41, 5.74) is 1.16. The zero-order valence-corrected chi connectivity index (χ0v) is 18.6. The first-order valence-electron chi connectivity index (χ1n) is 9.32. The summed E-state index contributed by atoms with van der Waals surface area (Å²) in [5.74, 6) is -0.602. The minimum absolute atomic E-state index is 0.284. The highest BCUT2D eigenvalue weighted by molar-refractivity contribution is 7.10. The number of hydrogen-bond acceptors (Lipinski definition) is 8. The van der Waals surface area contributed by atoms with E-state index in [1.165, 1.54) is 41.3 Å². The molecule has 158 valence electrons. The molecule has 0 saturated carbocycles. The number of aromatic nitrogens is 1. The van der Waals surface area contributed by atoms with Crippen molar-refractivity contribution in [1.82, 2.24) is 4.57 Å². The lowest BCUT2D eigenvalue weighted by Crippen LogP contribution is -2.39. The van der Waals surface area contributed by atoms with Crippen LogP contribution in [0.1, 0.15) is 30.3 Å². The molecule has 4 rings (SSSR count). The molecule has 0 amide bonds. The summed E-state index contributed by atoms with van der Waals surface area (Å²) in [7, 11) is 1.31. The Morgan fingerprint density at radius 1 is 1.19 bits per heavy atom. The predicted octanol–water partition coefficient (Wildman–Crippen LogP) is 2.40. The van der Waals surface area contributed by atoms with Gasteiger partial charge in [-0.05, 0) is 30.5 Å². The van der Waals surface area contributed by atoms with Crippen LogP contribution >= 0.6 is 22.7 Å². The molecule has 0 bridgehead atoms. The van der Waals surface area contributed by atoms with E-state index in [2.05, 4.69) is 4.99 Å². The third-order valence-electron chi connectivity index (χ3n) is 4.70. The van der Waals surface area contributed by atoms with E-state index in [0.29, 0.717) is 31.9 Å². The monoisotopic (exact) mass is 454 g/mol. The van der Waals surface area contributed by atoms with Gasteiger partial charge in [0.1, 0.15) is 11.8 Å². The van der Waals surface area contributed by atoms with Crippen molar-refractivity contribution in [3.8, 4) is 5.75 Å². The van der Waals surface area contributed by atoms with E-state index in [1.54, 1.807) is 37.3 Å². The van der Waals surface area contributed by atoms with E-state index in [4.69, 9.17) is 9.47 Å². The summed E-state index contributed by atoms with van der Waals surface area (Å²) in [6.07, 6.45) is 1.67. The summed E-state index contributed by atoms with van der Waals surface area (Å²) in [5, 5.41) is 1.89. The second-order valence-corrected chi connectivity index (χ2v) is 8.71. The van der Waals surface area contributed by atoms with Crippen LogP contribution in [0.25, 0.3) is 6.08 Å². The van der Waals surface area contributed by atoms with E-state index < -0.39 is 18.0 Å². The maximum atomic E-state index is 13.4. The van der Waals surface area contributed by atoms with Crippen molar-refractivity contribution >= 4 is 40.7 Å². The van der Waals surface area contributed by atoms with Crippen LogP contribution in [0.2, 0.25) is 0 Å². The Balaban J connectivity index is 1.94. The summed E-state index contributed by atoms with van der Waals surface area (Å²) in [6, 6.07) is 10.1. The van der Waals surface area contributed by atoms with Gasteiger partial charge in [0.05, 0.1) is 22.9 Å². The fourth-order valence-electron chi connectivity index (χ4n) is 3.40. The number of thiazole rings is 1. The van der Waals surface area contributed by atoms with Gasteiger partial charge in [0, 0.05) is 17.4 Å². The lowest BCUT2D eigenvalue weighted by atomic mass is 10.0. The summed E-state index contributed by atoms with van der Waals surface area (Å²) >= 11 is 2.67. The predicted molar refractivity (Wildman–Crippen MR) is 118 cm³/mol. The molecular weight excluding hydrogens is 436 g/mol. The van der Waals surface area contributed by atoms with Gasteiger partial charge in [-0.1, -0.05) is 35.6 Å². The van der Waals surface area contributed by atoms with Crippen LogP contribution in [0.3, 0.4) is 0 Å². The van der Waals surface area contributed by atoms with Gasteiger partial charge in [-0.2, -0.15) is 0 Å². The van der Waals surface area contributed by atoms with Crippen LogP contribution in [0, 0.1) is 0 Å². The number of benzene rings is 1. The molecule has 0 aliphatic carbocycles. The fourth-order valence-corrected chi connectivity index (χ4v) is 5.26. The van der Waals surface area contributed by atoms with E-state index in [-0.39, 0.29) is 5.56 Å². The van der Waals surface area contributed by atoms with Crippen molar-refractivity contribution in [3.63, 3.8) is 0 Å². The molecule has 0 fully saturated rings. The fraction of sp³-hybridized carbons (Fsp3) is 0.182. The lowest BCUT2D eigenvalue weighted by molar-refractivity contribution is -0.136. The molecule has 1 aliphatic rings. The zero-order valence-electron chi connectivity index (χ0n) is 16.9. The highest BCUT2D eigenvalue weighted by Crippen LogP contribution is 2.33. The minimum Gasteiger partial charge on any atom is -0.466 e. The molecule has 0 radical (unpaired) electrons. The molecule has 1 aliphatic heterocycles. The number of esters is 2. The van der Waals surface area contributed by atoms with Gasteiger partial charge in [-0.15, -0.1) is 11.3 Å². The van der Waals surface area contributed by atoms with Crippen molar-refractivity contribution in [1.29, 1.82) is 0 Å². The Kier molecular flexibility index (Phi) is 5.71. The molecule has 0 spiro atoms. The Bertz CT molecular complexity index is 1380. The quantitative estimate of drug-likeness (QED) is 0.446. The molecule has 3 heterocycles. The third kappa shape index (κ3) is 3.89. The number of fused-ring (bicyclic) bond motifs is 1. The van der Waals surface area contributed by atoms with Gasteiger partial charge in [0.25, 0.3) is 5.56 Å². The summed E-state index contributed by atoms with van der Waals surface area (Å²) in [6.45, 7) is 3.06. The molecule has 1 atom stereocenters. The number of rotatable bonds is 4. The largest absolute Gasteiger partial charge is 0.466 e. The van der Waals surface area contributed by atoms with Crippen LogP contribution < -0.4 is 19.6 Å². The number of nitrogens with zero attached hydrogens (tertiary/aromatic N) is 2. The Hall–Kier alpha value is -3.30. The van der Waals surface area contributed by atoms with Gasteiger partial charge < -0.3 is 9.47 Å². The molecular formula is C22H18N2O5S2. The highest BCUT2D eigenvalue weighted by Gasteiger charge is 2.33. The van der Waals surface area contributed by atoms with E-state index in [9.17, 15) is 14.4 Å². The smallest absolute Gasteiger partial charge is 0.338 e. The molecule has 1 aromatic carbocycles. The lowest BCUT2D eigenvalue weighted by Gasteiger charge is -2.22. The number of carbonyl (C=O) groups is 2. The Morgan fingerprint density at radius 2 is 1.97 bits per heavy atom. The third-order valence-corrected chi connectivity index (χ3v) is 6.61. The number of thiophene rings is 1. The molecule has 31 heavy (non-hydrogen) atoms. The van der Waals surface area contributed by atoms with Crippen molar-refractivity contribution in [2.24, 2.45) is 4.99 Å². The Labute approximate surface area is 185 Å². The Morgan fingerprint density at radius 3 is 2.65 bits per heavy atom. The number of methoxy groups -OCH3 is 1. The molecule has 3 aromatic rings. The highest BCUT2D eigenvalue weighted by atomic mass is 32.1. The molecule has 2 aromatic heterocycles. The first kappa shape index (κ1) is 21.0.